The number of nitrogens with zero attached hydrogens (tertiary/aromatic N) is 1. The van der Waals surface area contributed by atoms with Gasteiger partial charge in [0.15, 0.2) is 0 Å². The molecule has 1 saturated carbocycles. The third kappa shape index (κ3) is 5.91. The van der Waals surface area contributed by atoms with Gasteiger partial charge in [0, 0.05) is 18.4 Å². The summed E-state index contributed by atoms with van der Waals surface area (Å²) in [5.74, 6) is -0.592. The topological polar surface area (TPSA) is 71.1 Å². The molecule has 1 aliphatic rings. The lowest BCUT2D eigenvalue weighted by atomic mass is 9.91. The van der Waals surface area contributed by atoms with E-state index in [1.54, 1.807) is 12.4 Å². The number of benzene rings is 1. The van der Waals surface area contributed by atoms with Crippen LogP contribution < -0.4 is 10.6 Å². The molecule has 2 N–H and O–H groups in total. The van der Waals surface area contributed by atoms with Gasteiger partial charge in [0.25, 0.3) is 0 Å². The average molecular weight is 365 g/mol. The highest BCUT2D eigenvalue weighted by molar-refractivity contribution is 5.88. The quantitative estimate of drug-likeness (QED) is 0.792. The summed E-state index contributed by atoms with van der Waals surface area (Å²) in [5.41, 5.74) is 1.93. The summed E-state index contributed by atoms with van der Waals surface area (Å²) < 4.78 is 0. The second kappa shape index (κ2) is 9.86. The number of carbonyl (C=O) groups is 2. The van der Waals surface area contributed by atoms with E-state index in [2.05, 4.69) is 15.6 Å². The van der Waals surface area contributed by atoms with E-state index in [0.29, 0.717) is 6.42 Å². The second-order valence-electron chi connectivity index (χ2n) is 7.15. The summed E-state index contributed by atoms with van der Waals surface area (Å²) >= 11 is 0. The smallest absolute Gasteiger partial charge is 0.239 e. The fourth-order valence-corrected chi connectivity index (χ4v) is 3.62. The van der Waals surface area contributed by atoms with Crippen molar-refractivity contribution < 1.29 is 9.59 Å². The molecule has 27 heavy (non-hydrogen) atoms. The molecule has 1 heterocycles. The molecule has 1 fully saturated rings. The molecular formula is C22H27N3O2. The van der Waals surface area contributed by atoms with Crippen molar-refractivity contribution in [3.05, 3.63) is 66.0 Å². The number of hydrogen-bond donors (Lipinski definition) is 2. The highest BCUT2D eigenvalue weighted by Gasteiger charge is 2.22. The van der Waals surface area contributed by atoms with E-state index in [4.69, 9.17) is 0 Å². The standard InChI is InChI=1S/C22H27N3O2/c26-21(25-19-11-5-2-6-12-19)16-24-22(27)20(18-9-3-1-4-10-18)14-17-8-7-13-23-15-17/h1,3-4,7-10,13,15,19-20H,2,5-6,11-12,14,16H2,(H,24,27)(H,25,26). The van der Waals surface area contributed by atoms with Crippen LogP contribution in [0.15, 0.2) is 54.9 Å². The van der Waals surface area contributed by atoms with Gasteiger partial charge in [-0.05, 0) is 36.5 Å². The molecule has 0 saturated heterocycles. The number of amides is 2. The molecule has 0 radical (unpaired) electrons. The van der Waals surface area contributed by atoms with Crippen molar-refractivity contribution in [2.45, 2.75) is 50.5 Å². The fourth-order valence-electron chi connectivity index (χ4n) is 3.62. The predicted molar refractivity (Wildman–Crippen MR) is 105 cm³/mol. The van der Waals surface area contributed by atoms with Crippen LogP contribution in [0.2, 0.25) is 0 Å². The SMILES string of the molecule is O=C(CNC(=O)C(Cc1cccnc1)c1ccccc1)NC1CCCCC1. The summed E-state index contributed by atoms with van der Waals surface area (Å²) in [5, 5.41) is 5.86. The van der Waals surface area contributed by atoms with Crippen LogP contribution in [0.4, 0.5) is 0 Å². The predicted octanol–water partition coefficient (Wildman–Crippen LogP) is 2.97. The number of hydrogen-bond acceptors (Lipinski definition) is 3. The van der Waals surface area contributed by atoms with E-state index in [1.807, 2.05) is 42.5 Å². The Balaban J connectivity index is 1.59. The van der Waals surface area contributed by atoms with E-state index < -0.39 is 0 Å². The van der Waals surface area contributed by atoms with Gasteiger partial charge >= 0.3 is 0 Å². The van der Waals surface area contributed by atoms with E-state index in [-0.39, 0.29) is 30.3 Å². The Hall–Kier alpha value is -2.69. The molecule has 1 aromatic heterocycles. The highest BCUT2D eigenvalue weighted by atomic mass is 16.2. The van der Waals surface area contributed by atoms with E-state index in [9.17, 15) is 9.59 Å². The summed E-state index contributed by atoms with van der Waals surface area (Å²) in [6.45, 7) is 0.0196. The van der Waals surface area contributed by atoms with Crippen molar-refractivity contribution in [1.82, 2.24) is 15.6 Å². The third-order valence-corrected chi connectivity index (χ3v) is 5.07. The zero-order valence-electron chi connectivity index (χ0n) is 15.6. The highest BCUT2D eigenvalue weighted by Crippen LogP contribution is 2.21. The lowest BCUT2D eigenvalue weighted by molar-refractivity contribution is -0.127. The van der Waals surface area contributed by atoms with Gasteiger partial charge in [-0.2, -0.15) is 0 Å². The zero-order chi connectivity index (χ0) is 18.9. The van der Waals surface area contributed by atoms with Gasteiger partial charge in [0.05, 0.1) is 12.5 Å². The number of nitrogens with one attached hydrogen (secondary N) is 2. The number of pyridine rings is 1. The van der Waals surface area contributed by atoms with Gasteiger partial charge in [-0.3, -0.25) is 14.6 Å². The van der Waals surface area contributed by atoms with Crippen molar-refractivity contribution >= 4 is 11.8 Å². The Labute approximate surface area is 160 Å². The van der Waals surface area contributed by atoms with Crippen molar-refractivity contribution in [3.63, 3.8) is 0 Å². The van der Waals surface area contributed by atoms with Gasteiger partial charge in [-0.15, -0.1) is 0 Å². The van der Waals surface area contributed by atoms with Crippen molar-refractivity contribution in [2.24, 2.45) is 0 Å². The normalized spacial score (nSPS) is 15.7. The third-order valence-electron chi connectivity index (χ3n) is 5.07. The monoisotopic (exact) mass is 365 g/mol. The minimum absolute atomic E-state index is 0.0196. The molecule has 1 aliphatic carbocycles. The summed E-state index contributed by atoms with van der Waals surface area (Å²) in [7, 11) is 0. The van der Waals surface area contributed by atoms with E-state index in [0.717, 1.165) is 24.0 Å². The largest absolute Gasteiger partial charge is 0.352 e. The van der Waals surface area contributed by atoms with Crippen molar-refractivity contribution in [2.75, 3.05) is 6.54 Å². The van der Waals surface area contributed by atoms with Gasteiger partial charge in [-0.25, -0.2) is 0 Å². The Morgan fingerprint density at radius 2 is 1.81 bits per heavy atom. The van der Waals surface area contributed by atoms with Crippen LogP contribution in [0.25, 0.3) is 0 Å². The number of carbonyl (C=O) groups excluding carboxylic acids is 2. The van der Waals surface area contributed by atoms with Crippen LogP contribution in [0, 0.1) is 0 Å². The molecule has 5 heteroatoms. The van der Waals surface area contributed by atoms with Crippen LogP contribution in [-0.2, 0) is 16.0 Å². The second-order valence-corrected chi connectivity index (χ2v) is 7.15. The first-order valence-electron chi connectivity index (χ1n) is 9.73. The maximum Gasteiger partial charge on any atom is 0.239 e. The lowest BCUT2D eigenvalue weighted by Gasteiger charge is -2.23. The van der Waals surface area contributed by atoms with Crippen LogP contribution in [0.1, 0.15) is 49.1 Å². The molecule has 1 aromatic carbocycles. The maximum atomic E-state index is 12.8. The molecule has 0 aliphatic heterocycles. The minimum Gasteiger partial charge on any atom is -0.352 e. The first-order valence-corrected chi connectivity index (χ1v) is 9.73. The van der Waals surface area contributed by atoms with Crippen LogP contribution in [-0.4, -0.2) is 29.4 Å². The van der Waals surface area contributed by atoms with E-state index in [1.165, 1.54) is 19.3 Å². The molecule has 0 spiro atoms. The molecule has 2 aromatic rings. The van der Waals surface area contributed by atoms with Crippen LogP contribution in [0.3, 0.4) is 0 Å². The Morgan fingerprint density at radius 3 is 2.52 bits per heavy atom. The Kier molecular flexibility index (Phi) is 6.97. The molecule has 0 bridgehead atoms. The zero-order valence-corrected chi connectivity index (χ0v) is 15.6. The van der Waals surface area contributed by atoms with Crippen LogP contribution >= 0.6 is 0 Å². The lowest BCUT2D eigenvalue weighted by Crippen LogP contribution is -2.43. The first kappa shape index (κ1) is 19.1. The molecule has 2 amide bonds. The van der Waals surface area contributed by atoms with Gasteiger partial charge < -0.3 is 10.6 Å². The fraction of sp³-hybridized carbons (Fsp3) is 0.409. The Morgan fingerprint density at radius 1 is 1.04 bits per heavy atom. The molecule has 5 nitrogen and oxygen atoms in total. The first-order chi connectivity index (χ1) is 13.2. The number of aromatic nitrogens is 1. The number of rotatable bonds is 7. The van der Waals surface area contributed by atoms with Crippen molar-refractivity contribution in [3.8, 4) is 0 Å². The summed E-state index contributed by atoms with van der Waals surface area (Å²) in [6.07, 6.45) is 9.69. The van der Waals surface area contributed by atoms with E-state index >= 15 is 0 Å². The van der Waals surface area contributed by atoms with Gasteiger partial charge in [0.1, 0.15) is 0 Å². The molecule has 142 valence electrons. The van der Waals surface area contributed by atoms with Gasteiger partial charge in [0.2, 0.25) is 11.8 Å². The molecule has 1 atom stereocenters. The Bertz CT molecular complexity index is 728. The molecule has 1 unspecified atom stereocenters. The maximum absolute atomic E-state index is 12.8. The van der Waals surface area contributed by atoms with Crippen molar-refractivity contribution in [1.29, 1.82) is 0 Å². The molecular weight excluding hydrogens is 338 g/mol. The minimum atomic E-state index is -0.349. The molecule has 3 rings (SSSR count). The summed E-state index contributed by atoms with van der Waals surface area (Å²) in [6, 6.07) is 13.8. The average Bonchev–Trinajstić information content (AvgIpc) is 2.72. The summed E-state index contributed by atoms with van der Waals surface area (Å²) in [4.78, 5) is 29.2. The van der Waals surface area contributed by atoms with Gasteiger partial charge in [-0.1, -0.05) is 55.7 Å². The van der Waals surface area contributed by atoms with Crippen LogP contribution in [0.5, 0.6) is 0 Å².